The highest BCUT2D eigenvalue weighted by Crippen LogP contribution is 2.20. The highest BCUT2D eigenvalue weighted by molar-refractivity contribution is 7.89. The van der Waals surface area contributed by atoms with Gasteiger partial charge in [-0.1, -0.05) is 41.9 Å². The lowest BCUT2D eigenvalue weighted by atomic mass is 10.1. The number of sulfonamides is 2. The van der Waals surface area contributed by atoms with Crippen LogP contribution in [0.15, 0.2) is 88.7 Å². The summed E-state index contributed by atoms with van der Waals surface area (Å²) in [5, 5.41) is 8.05. The lowest BCUT2D eigenvalue weighted by Crippen LogP contribution is -2.39. The van der Waals surface area contributed by atoms with E-state index in [0.29, 0.717) is 17.1 Å². The Labute approximate surface area is 198 Å². The summed E-state index contributed by atoms with van der Waals surface area (Å²) in [5.41, 5.74) is 1.23. The third-order valence-corrected chi connectivity index (χ3v) is 7.77. The molecule has 3 N–H and O–H groups in total. The predicted octanol–water partition coefficient (Wildman–Crippen LogP) is 2.86. The number of rotatable bonds is 9. The zero-order valence-corrected chi connectivity index (χ0v) is 19.8. The molecule has 1 amide bonds. The SMILES string of the molecule is NS(=O)(=O)c1ccc(NC(=O)CN(CCc2ccccc2)S(=O)(=O)c2ccc(Cl)cc2)cc1. The predicted molar refractivity (Wildman–Crippen MR) is 127 cm³/mol. The molecule has 3 rings (SSSR count). The minimum absolute atomic E-state index is 0.0188. The van der Waals surface area contributed by atoms with Crippen LogP contribution in [0.3, 0.4) is 0 Å². The molecule has 0 aliphatic heterocycles. The fourth-order valence-corrected chi connectivity index (χ4v) is 5.07. The van der Waals surface area contributed by atoms with E-state index in [1.54, 1.807) is 0 Å². The van der Waals surface area contributed by atoms with Crippen LogP contribution in [0.25, 0.3) is 0 Å². The van der Waals surface area contributed by atoms with Crippen LogP contribution in [0.5, 0.6) is 0 Å². The molecule has 0 saturated heterocycles. The summed E-state index contributed by atoms with van der Waals surface area (Å²) in [7, 11) is -7.85. The highest BCUT2D eigenvalue weighted by Gasteiger charge is 2.26. The Morgan fingerprint density at radius 3 is 2.00 bits per heavy atom. The molecule has 3 aromatic rings. The topological polar surface area (TPSA) is 127 Å². The van der Waals surface area contributed by atoms with Crippen LogP contribution in [0.4, 0.5) is 5.69 Å². The summed E-state index contributed by atoms with van der Waals surface area (Å²) in [6, 6.07) is 20.3. The number of carbonyl (C=O) groups is 1. The fourth-order valence-electron chi connectivity index (χ4n) is 3.03. The minimum Gasteiger partial charge on any atom is -0.325 e. The van der Waals surface area contributed by atoms with Gasteiger partial charge in [-0.05, 0) is 60.5 Å². The van der Waals surface area contributed by atoms with E-state index in [0.717, 1.165) is 9.87 Å². The van der Waals surface area contributed by atoms with Gasteiger partial charge in [0.2, 0.25) is 26.0 Å². The number of primary sulfonamides is 1. The molecule has 3 aromatic carbocycles. The number of hydrogen-bond acceptors (Lipinski definition) is 5. The Kier molecular flexibility index (Phi) is 7.88. The van der Waals surface area contributed by atoms with Gasteiger partial charge in [0.15, 0.2) is 0 Å². The van der Waals surface area contributed by atoms with E-state index in [9.17, 15) is 21.6 Å². The maximum Gasteiger partial charge on any atom is 0.243 e. The van der Waals surface area contributed by atoms with E-state index >= 15 is 0 Å². The van der Waals surface area contributed by atoms with Crippen LogP contribution in [0.1, 0.15) is 5.56 Å². The van der Waals surface area contributed by atoms with Crippen molar-refractivity contribution in [2.45, 2.75) is 16.2 Å². The molecule has 11 heteroatoms. The molecule has 0 heterocycles. The number of halogens is 1. The van der Waals surface area contributed by atoms with Gasteiger partial charge < -0.3 is 5.32 Å². The number of nitrogens with zero attached hydrogens (tertiary/aromatic N) is 1. The molecule has 33 heavy (non-hydrogen) atoms. The third-order valence-electron chi connectivity index (χ3n) is 4.73. The van der Waals surface area contributed by atoms with E-state index in [1.807, 2.05) is 30.3 Å². The lowest BCUT2D eigenvalue weighted by Gasteiger charge is -2.22. The third kappa shape index (κ3) is 6.86. The molecule has 0 aliphatic rings. The van der Waals surface area contributed by atoms with Crippen LogP contribution in [0, 0.1) is 0 Å². The fraction of sp³-hybridized carbons (Fsp3) is 0.136. The smallest absolute Gasteiger partial charge is 0.243 e. The largest absolute Gasteiger partial charge is 0.325 e. The molecule has 0 spiro atoms. The summed E-state index contributed by atoms with van der Waals surface area (Å²) >= 11 is 5.88. The lowest BCUT2D eigenvalue weighted by molar-refractivity contribution is -0.116. The van der Waals surface area contributed by atoms with E-state index in [2.05, 4.69) is 5.32 Å². The maximum atomic E-state index is 13.2. The van der Waals surface area contributed by atoms with Crippen LogP contribution < -0.4 is 10.5 Å². The van der Waals surface area contributed by atoms with Gasteiger partial charge in [-0.3, -0.25) is 4.79 Å². The first kappa shape index (κ1) is 24.9. The summed E-state index contributed by atoms with van der Waals surface area (Å²) in [6.45, 7) is -0.360. The highest BCUT2D eigenvalue weighted by atomic mass is 35.5. The first-order chi connectivity index (χ1) is 15.6. The van der Waals surface area contributed by atoms with Crippen LogP contribution in [0.2, 0.25) is 5.02 Å². The number of carbonyl (C=O) groups excluding carboxylic acids is 1. The standard InChI is InChI=1S/C22H22ClN3O5S2/c23-18-6-10-21(11-7-18)33(30,31)26(15-14-17-4-2-1-3-5-17)16-22(27)25-19-8-12-20(13-9-19)32(24,28)29/h1-13H,14-16H2,(H,25,27)(H2,24,28,29). The van der Waals surface area contributed by atoms with Crippen LogP contribution in [-0.2, 0) is 31.3 Å². The molecular weight excluding hydrogens is 486 g/mol. The van der Waals surface area contributed by atoms with E-state index < -0.39 is 32.5 Å². The number of nitrogens with two attached hydrogens (primary N) is 1. The van der Waals surface area contributed by atoms with Crippen molar-refractivity contribution in [2.75, 3.05) is 18.4 Å². The van der Waals surface area contributed by atoms with E-state index in [1.165, 1.54) is 48.5 Å². The summed E-state index contributed by atoms with van der Waals surface area (Å²) in [6.07, 6.45) is 0.407. The van der Waals surface area contributed by atoms with Crippen LogP contribution >= 0.6 is 11.6 Å². The van der Waals surface area contributed by atoms with Crippen molar-refractivity contribution in [3.63, 3.8) is 0 Å². The van der Waals surface area contributed by atoms with Gasteiger partial charge in [0.25, 0.3) is 0 Å². The number of nitrogens with one attached hydrogen (secondary N) is 1. The monoisotopic (exact) mass is 507 g/mol. The molecule has 0 radical (unpaired) electrons. The minimum atomic E-state index is -3.98. The number of amides is 1. The Hall–Kier alpha value is -2.76. The van der Waals surface area contributed by atoms with Crippen molar-refractivity contribution in [3.05, 3.63) is 89.4 Å². The molecule has 0 aliphatic carbocycles. The second kappa shape index (κ2) is 10.4. The molecule has 0 fully saturated rings. The van der Waals surface area contributed by atoms with Gasteiger partial charge in [-0.15, -0.1) is 0 Å². The van der Waals surface area contributed by atoms with E-state index in [-0.39, 0.29) is 16.3 Å². The van der Waals surface area contributed by atoms with Gasteiger partial charge >= 0.3 is 0 Å². The number of hydrogen-bond donors (Lipinski definition) is 2. The summed E-state index contributed by atoms with van der Waals surface area (Å²) in [5.74, 6) is -0.580. The molecule has 8 nitrogen and oxygen atoms in total. The average Bonchev–Trinajstić information content (AvgIpc) is 2.77. The Morgan fingerprint density at radius 2 is 1.42 bits per heavy atom. The van der Waals surface area contributed by atoms with Gasteiger partial charge in [0.1, 0.15) is 0 Å². The van der Waals surface area contributed by atoms with Crippen molar-refractivity contribution in [3.8, 4) is 0 Å². The van der Waals surface area contributed by atoms with Crippen molar-refractivity contribution in [1.82, 2.24) is 4.31 Å². The molecule has 0 atom stereocenters. The second-order valence-electron chi connectivity index (χ2n) is 7.15. The second-order valence-corrected chi connectivity index (χ2v) is 11.1. The Balaban J connectivity index is 1.79. The van der Waals surface area contributed by atoms with Crippen molar-refractivity contribution >= 4 is 43.2 Å². The molecule has 0 unspecified atom stereocenters. The van der Waals surface area contributed by atoms with Crippen molar-refractivity contribution < 1.29 is 21.6 Å². The van der Waals surface area contributed by atoms with E-state index in [4.69, 9.17) is 16.7 Å². The quantitative estimate of drug-likeness (QED) is 0.460. The Morgan fingerprint density at radius 1 is 0.848 bits per heavy atom. The molecule has 0 aromatic heterocycles. The molecular formula is C22H22ClN3O5S2. The summed E-state index contributed by atoms with van der Waals surface area (Å²) < 4.78 is 50.3. The van der Waals surface area contributed by atoms with Gasteiger partial charge in [0.05, 0.1) is 16.3 Å². The first-order valence-electron chi connectivity index (χ1n) is 9.78. The van der Waals surface area contributed by atoms with Gasteiger partial charge in [-0.2, -0.15) is 4.31 Å². The first-order valence-corrected chi connectivity index (χ1v) is 13.1. The molecule has 0 bridgehead atoms. The molecule has 174 valence electrons. The normalized spacial score (nSPS) is 12.0. The molecule has 0 saturated carbocycles. The average molecular weight is 508 g/mol. The maximum absolute atomic E-state index is 13.2. The number of anilines is 1. The summed E-state index contributed by atoms with van der Waals surface area (Å²) in [4.78, 5) is 12.6. The van der Waals surface area contributed by atoms with Gasteiger partial charge in [0, 0.05) is 17.3 Å². The van der Waals surface area contributed by atoms with Gasteiger partial charge in [-0.25, -0.2) is 22.0 Å². The zero-order chi connectivity index (χ0) is 24.1. The Bertz CT molecular complexity index is 1310. The van der Waals surface area contributed by atoms with Crippen molar-refractivity contribution in [2.24, 2.45) is 5.14 Å². The van der Waals surface area contributed by atoms with Crippen molar-refractivity contribution in [1.29, 1.82) is 0 Å². The zero-order valence-electron chi connectivity index (χ0n) is 17.4. The van der Waals surface area contributed by atoms with Crippen LogP contribution in [-0.4, -0.2) is 40.1 Å². The number of benzene rings is 3.